The molecule has 8 heteroatoms. The number of para-hydroxylation sites is 1. The molecule has 0 bridgehead atoms. The van der Waals surface area contributed by atoms with Crippen molar-refractivity contribution in [3.63, 3.8) is 0 Å². The molecule has 0 aromatic heterocycles. The van der Waals surface area contributed by atoms with E-state index in [1.807, 2.05) is 24.3 Å². The molecule has 4 nitrogen and oxygen atoms in total. The van der Waals surface area contributed by atoms with E-state index in [0.717, 1.165) is 10.0 Å². The first kappa shape index (κ1) is 23.4. The number of carbonyl (C=O) groups excluding carboxylic acids is 1. The third-order valence-electron chi connectivity index (χ3n) is 4.12. The minimum Gasteiger partial charge on any atom is -0.487 e. The predicted octanol–water partition coefficient (Wildman–Crippen LogP) is 7.64. The van der Waals surface area contributed by atoms with E-state index >= 15 is 0 Å². The number of hydrogen-bond acceptors (Lipinski definition) is 3. The van der Waals surface area contributed by atoms with E-state index in [9.17, 15) is 10.1 Å². The summed E-state index contributed by atoms with van der Waals surface area (Å²) in [4.78, 5) is 12.7. The standard InChI is InChI=1S/C23H14Br2Cl2N2O2/c24-17-10-15(9-16(12-28)23(30)29-21-4-2-1-3-20(21)27)22(19(25)11-17)31-13-14-5-7-18(26)8-6-14/h1-11H,13H2,(H,29,30)/b16-9+. The number of amides is 1. The molecule has 0 spiro atoms. The third-order valence-corrected chi connectivity index (χ3v) is 5.75. The summed E-state index contributed by atoms with van der Waals surface area (Å²) in [5, 5.41) is 13.3. The Balaban J connectivity index is 1.89. The number of hydrogen-bond donors (Lipinski definition) is 1. The monoisotopic (exact) mass is 578 g/mol. The van der Waals surface area contributed by atoms with Crippen LogP contribution in [-0.4, -0.2) is 5.91 Å². The van der Waals surface area contributed by atoms with Gasteiger partial charge in [0.05, 0.1) is 15.2 Å². The zero-order chi connectivity index (χ0) is 22.4. The summed E-state index contributed by atoms with van der Waals surface area (Å²) < 4.78 is 7.42. The highest BCUT2D eigenvalue weighted by Gasteiger charge is 2.15. The number of nitrogens with one attached hydrogen (secondary N) is 1. The maximum Gasteiger partial charge on any atom is 0.266 e. The molecule has 0 radical (unpaired) electrons. The SMILES string of the molecule is N#C/C(=C\c1cc(Br)cc(Br)c1OCc1ccc(Cl)cc1)C(=O)Nc1ccccc1Cl. The van der Waals surface area contributed by atoms with E-state index in [2.05, 4.69) is 37.2 Å². The lowest BCUT2D eigenvalue weighted by atomic mass is 10.1. The summed E-state index contributed by atoms with van der Waals surface area (Å²) in [6.07, 6.45) is 1.47. The van der Waals surface area contributed by atoms with Crippen LogP contribution in [0.2, 0.25) is 10.0 Å². The van der Waals surface area contributed by atoms with Gasteiger partial charge in [-0.15, -0.1) is 0 Å². The summed E-state index contributed by atoms with van der Waals surface area (Å²) >= 11 is 18.9. The van der Waals surface area contributed by atoms with Crippen molar-refractivity contribution in [1.82, 2.24) is 0 Å². The topological polar surface area (TPSA) is 62.1 Å². The van der Waals surface area contributed by atoms with Gasteiger partial charge in [0.1, 0.15) is 24.0 Å². The summed E-state index contributed by atoms with van der Waals surface area (Å²) in [5.74, 6) is -0.0770. The summed E-state index contributed by atoms with van der Waals surface area (Å²) in [6, 6.07) is 19.6. The van der Waals surface area contributed by atoms with Gasteiger partial charge in [-0.3, -0.25) is 4.79 Å². The van der Waals surface area contributed by atoms with Crippen molar-refractivity contribution in [2.75, 3.05) is 5.32 Å². The first-order valence-corrected chi connectivity index (χ1v) is 11.3. The van der Waals surface area contributed by atoms with Crippen LogP contribution in [0.3, 0.4) is 0 Å². The highest BCUT2D eigenvalue weighted by Crippen LogP contribution is 2.35. The lowest BCUT2D eigenvalue weighted by Crippen LogP contribution is -2.13. The second-order valence-corrected chi connectivity index (χ2v) is 8.94. The molecule has 0 heterocycles. The summed E-state index contributed by atoms with van der Waals surface area (Å²) in [5.41, 5.74) is 1.80. The quantitative estimate of drug-likeness (QED) is 0.241. The lowest BCUT2D eigenvalue weighted by molar-refractivity contribution is -0.112. The highest BCUT2D eigenvalue weighted by atomic mass is 79.9. The summed E-state index contributed by atoms with van der Waals surface area (Å²) in [7, 11) is 0. The Bertz CT molecular complexity index is 1190. The summed E-state index contributed by atoms with van der Waals surface area (Å²) in [6.45, 7) is 0.284. The molecule has 31 heavy (non-hydrogen) atoms. The van der Waals surface area contributed by atoms with Crippen LogP contribution in [0.25, 0.3) is 6.08 Å². The Morgan fingerprint density at radius 1 is 1.10 bits per heavy atom. The second kappa shape index (κ2) is 10.8. The number of nitrogens with zero attached hydrogens (tertiary/aromatic N) is 1. The van der Waals surface area contributed by atoms with Gasteiger partial charge in [0.2, 0.25) is 0 Å². The zero-order valence-corrected chi connectivity index (χ0v) is 20.5. The van der Waals surface area contributed by atoms with E-state index in [-0.39, 0.29) is 12.2 Å². The molecule has 3 aromatic rings. The minimum absolute atomic E-state index is 0.0961. The normalized spacial score (nSPS) is 11.0. The van der Waals surface area contributed by atoms with Crippen molar-refractivity contribution in [1.29, 1.82) is 5.26 Å². The van der Waals surface area contributed by atoms with Gasteiger partial charge < -0.3 is 10.1 Å². The van der Waals surface area contributed by atoms with Crippen LogP contribution in [0, 0.1) is 11.3 Å². The van der Waals surface area contributed by atoms with E-state index in [4.69, 9.17) is 27.9 Å². The van der Waals surface area contributed by atoms with Crippen molar-refractivity contribution >= 4 is 72.7 Å². The second-order valence-electron chi connectivity index (χ2n) is 6.32. The molecular formula is C23H14Br2Cl2N2O2. The number of ether oxygens (including phenoxy) is 1. The molecular weight excluding hydrogens is 567 g/mol. The Kier molecular flexibility index (Phi) is 8.16. The van der Waals surface area contributed by atoms with Crippen LogP contribution in [0.5, 0.6) is 5.75 Å². The number of anilines is 1. The fourth-order valence-electron chi connectivity index (χ4n) is 2.63. The van der Waals surface area contributed by atoms with E-state index in [1.54, 1.807) is 42.5 Å². The van der Waals surface area contributed by atoms with Crippen LogP contribution in [0.4, 0.5) is 5.69 Å². The van der Waals surface area contributed by atoms with Gasteiger partial charge in [-0.2, -0.15) is 5.26 Å². The van der Waals surface area contributed by atoms with E-state index in [1.165, 1.54) is 6.08 Å². The molecule has 0 unspecified atom stereocenters. The lowest BCUT2D eigenvalue weighted by Gasteiger charge is -2.13. The van der Waals surface area contributed by atoms with Gasteiger partial charge in [-0.1, -0.05) is 63.4 Å². The van der Waals surface area contributed by atoms with Gasteiger partial charge in [0, 0.05) is 15.1 Å². The Hall–Kier alpha value is -2.30. The molecule has 1 N–H and O–H groups in total. The minimum atomic E-state index is -0.574. The largest absolute Gasteiger partial charge is 0.487 e. The van der Waals surface area contributed by atoms with Crippen LogP contribution < -0.4 is 10.1 Å². The average molecular weight is 581 g/mol. The van der Waals surface area contributed by atoms with E-state index < -0.39 is 5.91 Å². The molecule has 1 amide bonds. The number of halogens is 4. The van der Waals surface area contributed by atoms with Crippen LogP contribution in [0.15, 0.2) is 75.2 Å². The Labute approximate surface area is 206 Å². The average Bonchev–Trinajstić information content (AvgIpc) is 2.74. The number of nitriles is 1. The van der Waals surface area contributed by atoms with Crippen LogP contribution in [0.1, 0.15) is 11.1 Å². The first-order chi connectivity index (χ1) is 14.9. The molecule has 0 fully saturated rings. The maximum absolute atomic E-state index is 12.7. The third kappa shape index (κ3) is 6.34. The molecule has 0 saturated carbocycles. The molecule has 3 aromatic carbocycles. The van der Waals surface area contributed by atoms with Crippen molar-refractivity contribution in [3.8, 4) is 11.8 Å². The van der Waals surface area contributed by atoms with Gasteiger partial charge >= 0.3 is 0 Å². The van der Waals surface area contributed by atoms with Crippen LogP contribution >= 0.6 is 55.1 Å². The number of benzene rings is 3. The zero-order valence-electron chi connectivity index (χ0n) is 15.8. The molecule has 0 aliphatic carbocycles. The van der Waals surface area contributed by atoms with Crippen molar-refractivity contribution in [2.24, 2.45) is 0 Å². The molecule has 0 aliphatic rings. The van der Waals surface area contributed by atoms with Crippen molar-refractivity contribution < 1.29 is 9.53 Å². The van der Waals surface area contributed by atoms with Gasteiger partial charge in [-0.05, 0) is 64.0 Å². The molecule has 0 saturated heterocycles. The van der Waals surface area contributed by atoms with E-state index in [0.29, 0.717) is 31.5 Å². The Morgan fingerprint density at radius 3 is 2.48 bits per heavy atom. The van der Waals surface area contributed by atoms with Crippen LogP contribution in [-0.2, 0) is 11.4 Å². The highest BCUT2D eigenvalue weighted by molar-refractivity contribution is 9.11. The molecule has 0 aliphatic heterocycles. The number of carbonyl (C=O) groups is 1. The van der Waals surface area contributed by atoms with Gasteiger partial charge in [-0.25, -0.2) is 0 Å². The molecule has 0 atom stereocenters. The fourth-order valence-corrected chi connectivity index (χ4v) is 4.31. The number of rotatable bonds is 6. The van der Waals surface area contributed by atoms with Crippen molar-refractivity contribution in [2.45, 2.75) is 6.61 Å². The Morgan fingerprint density at radius 2 is 1.81 bits per heavy atom. The maximum atomic E-state index is 12.7. The predicted molar refractivity (Wildman–Crippen MR) is 131 cm³/mol. The van der Waals surface area contributed by atoms with Gasteiger partial charge in [0.15, 0.2) is 0 Å². The van der Waals surface area contributed by atoms with Gasteiger partial charge in [0.25, 0.3) is 5.91 Å². The fraction of sp³-hybridized carbons (Fsp3) is 0.0435. The molecule has 3 rings (SSSR count). The molecule has 156 valence electrons. The smallest absolute Gasteiger partial charge is 0.266 e. The first-order valence-electron chi connectivity index (χ1n) is 8.91. The van der Waals surface area contributed by atoms with Crippen molar-refractivity contribution in [3.05, 3.63) is 96.4 Å².